The minimum absolute atomic E-state index is 1.14. The molecule has 4 aromatic carbocycles. The van der Waals surface area contributed by atoms with Gasteiger partial charge >= 0.3 is 0 Å². The molecule has 35 heavy (non-hydrogen) atoms. The average molecular weight is 475 g/mol. The Hall–Kier alpha value is -3.20. The number of rotatable bonds is 2. The van der Waals surface area contributed by atoms with Gasteiger partial charge in [0, 0.05) is 0 Å². The van der Waals surface area contributed by atoms with Gasteiger partial charge in [0.15, 0.2) is 0 Å². The van der Waals surface area contributed by atoms with Gasteiger partial charge in [-0.05, 0) is 38.1 Å². The Morgan fingerprint density at radius 1 is 0.343 bits per heavy atom. The van der Waals surface area contributed by atoms with Crippen LogP contribution in [0.4, 0.5) is 0 Å². The van der Waals surface area contributed by atoms with Crippen molar-refractivity contribution in [3.05, 3.63) is 145 Å². The Morgan fingerprint density at radius 2 is 0.486 bits per heavy atom. The Labute approximate surface area is 217 Å². The van der Waals surface area contributed by atoms with Gasteiger partial charge in [0.1, 0.15) is 0 Å². The average Bonchev–Trinajstić information content (AvgIpc) is 2.99. The minimum atomic E-state index is 1.14. The van der Waals surface area contributed by atoms with Crippen LogP contribution in [0.2, 0.25) is 0 Å². The van der Waals surface area contributed by atoms with E-state index < -0.39 is 0 Å². The van der Waals surface area contributed by atoms with E-state index >= 15 is 0 Å². The molecule has 0 aliphatic heterocycles. The van der Waals surface area contributed by atoms with E-state index in [4.69, 9.17) is 0 Å². The van der Waals surface area contributed by atoms with Crippen molar-refractivity contribution in [1.82, 2.24) is 0 Å². The number of nitrogens with two attached hydrogens (primary N) is 2. The number of aryl methyl sites for hydroxylation is 2. The summed E-state index contributed by atoms with van der Waals surface area (Å²) in [7, 11) is 3.00. The highest BCUT2D eigenvalue weighted by Crippen LogP contribution is 1.97. The summed E-state index contributed by atoms with van der Waals surface area (Å²) in [6, 6.07) is 44.9. The largest absolute Gasteiger partial charge is 0.333 e. The van der Waals surface area contributed by atoms with Crippen LogP contribution in [0.25, 0.3) is 0 Å². The Morgan fingerprint density at radius 3 is 0.600 bits per heavy atom. The highest BCUT2D eigenvalue weighted by atomic mass is 14.4. The van der Waals surface area contributed by atoms with Crippen molar-refractivity contribution >= 4 is 0 Å². The van der Waals surface area contributed by atoms with Crippen LogP contribution >= 0.6 is 0 Å². The van der Waals surface area contributed by atoms with Crippen molar-refractivity contribution in [3.63, 3.8) is 0 Å². The van der Waals surface area contributed by atoms with Crippen LogP contribution in [0.3, 0.4) is 0 Å². The molecule has 0 saturated heterocycles. The van der Waals surface area contributed by atoms with Gasteiger partial charge in [-0.3, -0.25) is 0 Å². The molecule has 0 saturated carbocycles. The van der Waals surface area contributed by atoms with Crippen LogP contribution in [0.5, 0.6) is 0 Å². The summed E-state index contributed by atoms with van der Waals surface area (Å²) in [5, 5.41) is 0. The van der Waals surface area contributed by atoms with Crippen molar-refractivity contribution < 1.29 is 0 Å². The Balaban J connectivity index is -0.000000361. The third-order valence-corrected chi connectivity index (χ3v) is 3.84. The summed E-state index contributed by atoms with van der Waals surface area (Å²) in [4.78, 5) is 0. The van der Waals surface area contributed by atoms with Crippen LogP contribution in [0.1, 0.15) is 45.2 Å². The fourth-order valence-electron chi connectivity index (χ4n) is 2.20. The van der Waals surface area contributed by atoms with Crippen LogP contribution in [0.15, 0.2) is 133 Å². The summed E-state index contributed by atoms with van der Waals surface area (Å²) in [6.07, 6.45) is 3.53. The molecule has 2 heteroatoms. The van der Waals surface area contributed by atoms with Gasteiger partial charge in [0.25, 0.3) is 0 Å². The first kappa shape index (κ1) is 36.4. The predicted molar refractivity (Wildman–Crippen MR) is 161 cm³/mol. The second-order valence-electron chi connectivity index (χ2n) is 6.69. The Bertz CT molecular complexity index is 665. The SMILES string of the molecule is CCC.CCc1ccccc1.CCc1ccccc1.CN.CN.c1ccccc1.c1ccccc1. The first-order valence-corrected chi connectivity index (χ1v) is 12.5. The predicted octanol–water partition coefficient (Wildman–Crippen LogP) is 8.44. The quantitative estimate of drug-likeness (QED) is 0.306. The maximum Gasteiger partial charge on any atom is -0.0195 e. The number of hydrogen-bond donors (Lipinski definition) is 2. The maximum absolute atomic E-state index is 4.50. The molecule has 0 amide bonds. The lowest BCUT2D eigenvalue weighted by Crippen LogP contribution is -1.73. The van der Waals surface area contributed by atoms with Gasteiger partial charge in [-0.15, -0.1) is 0 Å². The molecule has 4 N–H and O–H groups in total. The molecule has 4 rings (SSSR count). The molecule has 0 heterocycles. The summed E-state index contributed by atoms with van der Waals surface area (Å²) in [6.45, 7) is 8.57. The molecule has 0 unspecified atom stereocenters. The number of benzene rings is 4. The van der Waals surface area contributed by atoms with Gasteiger partial charge < -0.3 is 11.5 Å². The van der Waals surface area contributed by atoms with E-state index in [9.17, 15) is 0 Å². The molecule has 0 aromatic heterocycles. The van der Waals surface area contributed by atoms with Crippen molar-refractivity contribution in [3.8, 4) is 0 Å². The van der Waals surface area contributed by atoms with Crippen LogP contribution in [-0.4, -0.2) is 14.1 Å². The molecule has 0 bridgehead atoms. The second-order valence-corrected chi connectivity index (χ2v) is 6.69. The molecule has 192 valence electrons. The zero-order valence-corrected chi connectivity index (χ0v) is 23.0. The molecule has 0 atom stereocenters. The molecule has 4 aromatic rings. The van der Waals surface area contributed by atoms with E-state index in [0.717, 1.165) is 12.8 Å². The van der Waals surface area contributed by atoms with Gasteiger partial charge in [-0.2, -0.15) is 0 Å². The summed E-state index contributed by atoms with van der Waals surface area (Å²) in [5.41, 5.74) is 11.8. The van der Waals surface area contributed by atoms with Crippen LogP contribution in [0, 0.1) is 0 Å². The third-order valence-electron chi connectivity index (χ3n) is 3.84. The molecule has 0 spiro atoms. The summed E-state index contributed by atoms with van der Waals surface area (Å²) < 4.78 is 0. The second kappa shape index (κ2) is 35.4. The molecular formula is C33H50N2. The van der Waals surface area contributed by atoms with E-state index in [1.165, 1.54) is 31.6 Å². The fourth-order valence-corrected chi connectivity index (χ4v) is 2.20. The van der Waals surface area contributed by atoms with Crippen molar-refractivity contribution in [2.75, 3.05) is 14.1 Å². The molecule has 0 aliphatic carbocycles. The normalized spacial score (nSPS) is 7.77. The molecule has 0 radical (unpaired) electrons. The zero-order chi connectivity index (χ0) is 26.8. The Kier molecular flexibility index (Phi) is 36.8. The van der Waals surface area contributed by atoms with Gasteiger partial charge in [0.05, 0.1) is 0 Å². The highest BCUT2D eigenvalue weighted by Gasteiger charge is 1.80. The van der Waals surface area contributed by atoms with Crippen LogP contribution < -0.4 is 11.5 Å². The fraction of sp³-hybridized carbons (Fsp3) is 0.273. The smallest absolute Gasteiger partial charge is 0.0195 e. The van der Waals surface area contributed by atoms with Crippen molar-refractivity contribution in [1.29, 1.82) is 0 Å². The lowest BCUT2D eigenvalue weighted by molar-refractivity contribution is 1.09. The number of hydrogen-bond acceptors (Lipinski definition) is 2. The monoisotopic (exact) mass is 474 g/mol. The molecule has 0 aliphatic rings. The maximum atomic E-state index is 4.50. The van der Waals surface area contributed by atoms with E-state index in [0.29, 0.717) is 0 Å². The summed E-state index contributed by atoms with van der Waals surface area (Å²) >= 11 is 0. The van der Waals surface area contributed by atoms with Crippen molar-refractivity contribution in [2.24, 2.45) is 11.5 Å². The molecule has 0 fully saturated rings. The van der Waals surface area contributed by atoms with Crippen molar-refractivity contribution in [2.45, 2.75) is 47.0 Å². The standard InChI is InChI=1S/2C8H10.2C6H6.C3H8.2CH5N/c2*1-2-8-6-4-3-5-7-8;2*1-2-4-6-5-3-1;1-3-2;2*1-2/h2*3-7H,2H2,1H3;2*1-6H;3H2,1-2H3;2*2H2,1H3. The van der Waals surface area contributed by atoms with E-state index in [1.807, 2.05) is 84.9 Å². The first-order valence-electron chi connectivity index (χ1n) is 12.5. The van der Waals surface area contributed by atoms with E-state index in [1.54, 1.807) is 0 Å². The molecule has 2 nitrogen and oxygen atoms in total. The highest BCUT2D eigenvalue weighted by molar-refractivity contribution is 5.14. The third kappa shape index (κ3) is 30.8. The summed E-state index contributed by atoms with van der Waals surface area (Å²) in [5.74, 6) is 0. The topological polar surface area (TPSA) is 52.0 Å². The first-order chi connectivity index (χ1) is 17.3. The van der Waals surface area contributed by atoms with Gasteiger partial charge in [0.2, 0.25) is 0 Å². The lowest BCUT2D eigenvalue weighted by Gasteiger charge is -1.89. The van der Waals surface area contributed by atoms with E-state index in [-0.39, 0.29) is 0 Å². The zero-order valence-electron chi connectivity index (χ0n) is 23.0. The molecular weight excluding hydrogens is 424 g/mol. The van der Waals surface area contributed by atoms with Crippen LogP contribution in [-0.2, 0) is 12.8 Å². The van der Waals surface area contributed by atoms with E-state index in [2.05, 4.69) is 87.7 Å². The van der Waals surface area contributed by atoms with Gasteiger partial charge in [-0.25, -0.2) is 0 Å². The van der Waals surface area contributed by atoms with Gasteiger partial charge in [-0.1, -0.05) is 168 Å². The lowest BCUT2D eigenvalue weighted by atomic mass is 10.2. The minimum Gasteiger partial charge on any atom is -0.333 e.